The van der Waals surface area contributed by atoms with Crippen LogP contribution in [-0.2, 0) is 20.9 Å². The van der Waals surface area contributed by atoms with Crippen LogP contribution in [0, 0.1) is 5.82 Å². The Morgan fingerprint density at radius 3 is 2.33 bits per heavy atom. The zero-order valence-corrected chi connectivity index (χ0v) is 23.2. The molecule has 0 unspecified atom stereocenters. The standard InChI is InChI=1S/C24H23FN6O.C6H10O4/c1-29(14-16-3-2-4-18(25)11-16)23-10-9-22-27-13-21(31(22)28-23)17-5-7-20(8-6-17)30-15-19(26)12-24(30)32;7-5(8)3-1-2-4-6(9)10/h2-11,13,19H,12,14-15,26H2,1H3;1-4H2,(H,7,8)(H,9,10)/t19-;/m0./s1. The Hall–Kier alpha value is -4.84. The van der Waals surface area contributed by atoms with Crippen LogP contribution in [-0.4, -0.2) is 62.3 Å². The highest BCUT2D eigenvalue weighted by Gasteiger charge is 2.28. The fourth-order valence-corrected chi connectivity index (χ4v) is 4.60. The summed E-state index contributed by atoms with van der Waals surface area (Å²) in [6.07, 6.45) is 3.18. The van der Waals surface area contributed by atoms with E-state index in [9.17, 15) is 18.8 Å². The Kier molecular flexibility index (Phi) is 9.81. The fraction of sp³-hybridized carbons (Fsp3) is 0.300. The topological polar surface area (TPSA) is 154 Å². The lowest BCUT2D eigenvalue weighted by Crippen LogP contribution is -2.27. The molecule has 4 aromatic rings. The first kappa shape index (κ1) is 30.1. The average molecular weight is 577 g/mol. The molecule has 1 saturated heterocycles. The lowest BCUT2D eigenvalue weighted by Gasteiger charge is -2.18. The van der Waals surface area contributed by atoms with Crippen molar-refractivity contribution in [3.05, 3.63) is 78.2 Å². The first-order valence-corrected chi connectivity index (χ1v) is 13.5. The number of nitrogens with two attached hydrogens (primary N) is 1. The van der Waals surface area contributed by atoms with Crippen molar-refractivity contribution in [2.45, 2.75) is 44.7 Å². The van der Waals surface area contributed by atoms with E-state index < -0.39 is 11.9 Å². The molecule has 3 heterocycles. The Morgan fingerprint density at radius 2 is 1.74 bits per heavy atom. The number of carbonyl (C=O) groups is 3. The molecule has 1 aliphatic heterocycles. The Bertz CT molecular complexity index is 1540. The van der Waals surface area contributed by atoms with E-state index >= 15 is 0 Å². The van der Waals surface area contributed by atoms with Crippen LogP contribution in [0.25, 0.3) is 16.9 Å². The largest absolute Gasteiger partial charge is 0.481 e. The number of anilines is 2. The van der Waals surface area contributed by atoms with Gasteiger partial charge in [-0.2, -0.15) is 0 Å². The maximum atomic E-state index is 13.5. The van der Waals surface area contributed by atoms with Crippen molar-refractivity contribution in [3.63, 3.8) is 0 Å². The molecule has 0 saturated carbocycles. The molecular formula is C30H33FN6O5. The van der Waals surface area contributed by atoms with Gasteiger partial charge in [0.15, 0.2) is 5.65 Å². The number of nitrogens with zero attached hydrogens (tertiary/aromatic N) is 5. The number of carbonyl (C=O) groups excluding carboxylic acids is 1. The molecule has 220 valence electrons. The number of unbranched alkanes of at least 4 members (excludes halogenated alkanes) is 1. The number of rotatable bonds is 10. The average Bonchev–Trinajstić information content (AvgIpc) is 3.53. The SMILES string of the molecule is CN(Cc1cccc(F)c1)c1ccc2ncc(-c3ccc(N4C[C@@H](N)CC4=O)cc3)n2n1.O=C(O)CCCCC(=O)O. The van der Waals surface area contributed by atoms with E-state index in [1.54, 1.807) is 21.7 Å². The van der Waals surface area contributed by atoms with Crippen molar-refractivity contribution in [2.24, 2.45) is 5.73 Å². The molecule has 1 fully saturated rings. The van der Waals surface area contributed by atoms with Crippen molar-refractivity contribution in [2.75, 3.05) is 23.4 Å². The molecule has 0 aliphatic carbocycles. The summed E-state index contributed by atoms with van der Waals surface area (Å²) < 4.78 is 15.3. The highest BCUT2D eigenvalue weighted by Crippen LogP contribution is 2.27. The van der Waals surface area contributed by atoms with Crippen molar-refractivity contribution in [1.29, 1.82) is 0 Å². The number of aliphatic carboxylic acids is 2. The highest BCUT2D eigenvalue weighted by atomic mass is 19.1. The van der Waals surface area contributed by atoms with Gasteiger partial charge in [0.2, 0.25) is 5.91 Å². The molecule has 0 bridgehead atoms. The number of halogens is 1. The van der Waals surface area contributed by atoms with Gasteiger partial charge in [0.25, 0.3) is 0 Å². The first-order valence-electron chi connectivity index (χ1n) is 13.5. The zero-order valence-electron chi connectivity index (χ0n) is 23.2. The van der Waals surface area contributed by atoms with Gasteiger partial charge in [-0.15, -0.1) is 5.10 Å². The number of fused-ring (bicyclic) bond motifs is 1. The summed E-state index contributed by atoms with van der Waals surface area (Å²) in [6.45, 7) is 1.07. The van der Waals surface area contributed by atoms with E-state index in [1.165, 1.54) is 12.1 Å². The molecule has 0 spiro atoms. The van der Waals surface area contributed by atoms with Crippen LogP contribution in [0.1, 0.15) is 37.7 Å². The molecule has 11 nitrogen and oxygen atoms in total. The third-order valence-corrected chi connectivity index (χ3v) is 6.71. The molecule has 0 radical (unpaired) electrons. The molecule has 2 aromatic carbocycles. The number of hydrogen-bond acceptors (Lipinski definition) is 7. The molecule has 12 heteroatoms. The van der Waals surface area contributed by atoms with E-state index in [-0.39, 0.29) is 30.6 Å². The van der Waals surface area contributed by atoms with Gasteiger partial charge < -0.3 is 25.7 Å². The van der Waals surface area contributed by atoms with Crippen LogP contribution in [0.3, 0.4) is 0 Å². The third-order valence-electron chi connectivity index (χ3n) is 6.71. The van der Waals surface area contributed by atoms with Crippen LogP contribution < -0.4 is 15.5 Å². The molecule has 1 amide bonds. The molecule has 2 aromatic heterocycles. The van der Waals surface area contributed by atoms with Crippen LogP contribution in [0.15, 0.2) is 66.9 Å². The monoisotopic (exact) mass is 576 g/mol. The van der Waals surface area contributed by atoms with Crippen molar-refractivity contribution in [3.8, 4) is 11.3 Å². The number of aromatic nitrogens is 3. The van der Waals surface area contributed by atoms with Gasteiger partial charge in [-0.05, 0) is 54.8 Å². The quantitative estimate of drug-likeness (QED) is 0.238. The summed E-state index contributed by atoms with van der Waals surface area (Å²) in [5, 5.41) is 21.0. The van der Waals surface area contributed by atoms with Gasteiger partial charge in [-0.1, -0.05) is 24.3 Å². The summed E-state index contributed by atoms with van der Waals surface area (Å²) in [7, 11) is 1.92. The number of carboxylic acid groups (broad SMARTS) is 2. The second kappa shape index (κ2) is 13.7. The maximum Gasteiger partial charge on any atom is 0.303 e. The minimum absolute atomic E-state index is 0.0488. The van der Waals surface area contributed by atoms with E-state index in [2.05, 4.69) is 4.98 Å². The van der Waals surface area contributed by atoms with E-state index in [4.69, 9.17) is 21.0 Å². The maximum absolute atomic E-state index is 13.5. The van der Waals surface area contributed by atoms with E-state index in [1.807, 2.05) is 54.4 Å². The predicted molar refractivity (Wildman–Crippen MR) is 156 cm³/mol. The fourth-order valence-electron chi connectivity index (χ4n) is 4.60. The second-order valence-corrected chi connectivity index (χ2v) is 10.1. The van der Waals surface area contributed by atoms with Gasteiger partial charge in [-0.25, -0.2) is 13.9 Å². The molecular weight excluding hydrogens is 543 g/mol. The molecule has 42 heavy (non-hydrogen) atoms. The summed E-state index contributed by atoms with van der Waals surface area (Å²) in [5.41, 5.74) is 10.1. The number of imidazole rings is 1. The minimum Gasteiger partial charge on any atom is -0.481 e. The van der Waals surface area contributed by atoms with Crippen molar-refractivity contribution < 1.29 is 29.0 Å². The van der Waals surface area contributed by atoms with Gasteiger partial charge in [-0.3, -0.25) is 14.4 Å². The minimum atomic E-state index is -0.870. The highest BCUT2D eigenvalue weighted by molar-refractivity contribution is 5.96. The zero-order chi connectivity index (χ0) is 30.2. The lowest BCUT2D eigenvalue weighted by molar-refractivity contribution is -0.139. The van der Waals surface area contributed by atoms with Crippen LogP contribution in [0.2, 0.25) is 0 Å². The summed E-state index contributed by atoms with van der Waals surface area (Å²) in [5.74, 6) is -1.20. The van der Waals surface area contributed by atoms with Crippen molar-refractivity contribution >= 4 is 35.0 Å². The molecule has 1 aliphatic rings. The Morgan fingerprint density at radius 1 is 1.05 bits per heavy atom. The Labute approximate surface area is 242 Å². The van der Waals surface area contributed by atoms with Crippen LogP contribution in [0.4, 0.5) is 15.9 Å². The Balaban J connectivity index is 0.000000349. The third kappa shape index (κ3) is 7.88. The number of carboxylic acids is 2. The molecule has 5 rings (SSSR count). The smallest absolute Gasteiger partial charge is 0.303 e. The van der Waals surface area contributed by atoms with Gasteiger partial charge >= 0.3 is 11.9 Å². The van der Waals surface area contributed by atoms with E-state index in [0.29, 0.717) is 32.4 Å². The molecule has 4 N–H and O–H groups in total. The van der Waals surface area contributed by atoms with Crippen LogP contribution in [0.5, 0.6) is 0 Å². The van der Waals surface area contributed by atoms with Crippen LogP contribution >= 0.6 is 0 Å². The number of benzene rings is 2. The summed E-state index contributed by atoms with van der Waals surface area (Å²) in [6, 6.07) is 18.0. The van der Waals surface area contributed by atoms with E-state index in [0.717, 1.165) is 34.0 Å². The first-order chi connectivity index (χ1) is 20.1. The van der Waals surface area contributed by atoms with Crippen molar-refractivity contribution in [1.82, 2.24) is 14.6 Å². The number of hydrogen-bond donors (Lipinski definition) is 3. The normalized spacial score (nSPS) is 14.5. The van der Waals surface area contributed by atoms with Gasteiger partial charge in [0.1, 0.15) is 11.6 Å². The van der Waals surface area contributed by atoms with Gasteiger partial charge in [0, 0.05) is 56.7 Å². The van der Waals surface area contributed by atoms with Gasteiger partial charge in [0.05, 0.1) is 11.9 Å². The molecule has 1 atom stereocenters. The number of amides is 1. The summed E-state index contributed by atoms with van der Waals surface area (Å²) in [4.78, 5) is 40.1. The summed E-state index contributed by atoms with van der Waals surface area (Å²) >= 11 is 0. The lowest BCUT2D eigenvalue weighted by atomic mass is 10.1. The predicted octanol–water partition coefficient (Wildman–Crippen LogP) is 3.95. The second-order valence-electron chi connectivity index (χ2n) is 10.1.